The standard InChI is InChI=1S/C28H37N5O6S/c1-2-24-5-3-4-10-32(24)26-9-7-25(33(34)35)19-22(26)21-29-23-6-8-27(30-11-15-38-16-12-30)28(20-23)40(36,37)31-13-17-39-18-14-31/h6-9,19-21,24H,2-5,10-18H2,1H3/t24-/m0/s1. The predicted octanol–water partition coefficient (Wildman–Crippen LogP) is 3.97. The van der Waals surface area contributed by atoms with E-state index in [9.17, 15) is 18.5 Å². The van der Waals surface area contributed by atoms with E-state index in [0.717, 1.165) is 31.5 Å². The molecule has 2 aromatic carbocycles. The van der Waals surface area contributed by atoms with E-state index in [1.807, 2.05) is 11.0 Å². The maximum Gasteiger partial charge on any atom is 0.270 e. The van der Waals surface area contributed by atoms with Crippen molar-refractivity contribution < 1.29 is 22.8 Å². The molecule has 3 saturated heterocycles. The Morgan fingerprint density at radius 2 is 1.68 bits per heavy atom. The number of morpholine rings is 2. The first-order valence-electron chi connectivity index (χ1n) is 14.0. The highest BCUT2D eigenvalue weighted by atomic mass is 32.2. The Bertz CT molecular complexity index is 1340. The van der Waals surface area contributed by atoms with Crippen molar-refractivity contribution in [1.82, 2.24) is 4.31 Å². The molecule has 2 aromatic rings. The van der Waals surface area contributed by atoms with E-state index >= 15 is 0 Å². The minimum Gasteiger partial charge on any atom is -0.379 e. The molecule has 0 aliphatic carbocycles. The topological polar surface area (TPSA) is 118 Å². The maximum atomic E-state index is 13.8. The molecule has 0 aromatic heterocycles. The zero-order valence-electron chi connectivity index (χ0n) is 22.9. The van der Waals surface area contributed by atoms with Gasteiger partial charge in [0.2, 0.25) is 10.0 Å². The van der Waals surface area contributed by atoms with Crippen LogP contribution in [0.5, 0.6) is 0 Å². The molecule has 0 radical (unpaired) electrons. The van der Waals surface area contributed by atoms with Crippen LogP contribution in [0.4, 0.5) is 22.7 Å². The van der Waals surface area contributed by atoms with Crippen molar-refractivity contribution in [2.24, 2.45) is 4.99 Å². The fourth-order valence-electron chi connectivity index (χ4n) is 5.69. The van der Waals surface area contributed by atoms with Crippen molar-refractivity contribution in [1.29, 1.82) is 0 Å². The molecular formula is C28H37N5O6S. The third kappa shape index (κ3) is 6.14. The van der Waals surface area contributed by atoms with Crippen LogP contribution in [0.3, 0.4) is 0 Å². The van der Waals surface area contributed by atoms with Gasteiger partial charge < -0.3 is 19.3 Å². The van der Waals surface area contributed by atoms with Crippen molar-refractivity contribution in [3.63, 3.8) is 0 Å². The number of nitro groups is 1. The Morgan fingerprint density at radius 3 is 2.38 bits per heavy atom. The van der Waals surface area contributed by atoms with E-state index in [2.05, 4.69) is 16.8 Å². The Kier molecular flexibility index (Phi) is 8.99. The summed E-state index contributed by atoms with van der Waals surface area (Å²) in [5.74, 6) is 0. The molecule has 40 heavy (non-hydrogen) atoms. The Morgan fingerprint density at radius 1 is 0.975 bits per heavy atom. The number of benzene rings is 2. The SMILES string of the molecule is CC[C@H]1CCCCN1c1ccc([N+](=O)[O-])cc1C=Nc1ccc(N2CCOCC2)c(S(=O)(=O)N2CCOCC2)c1. The van der Waals surface area contributed by atoms with E-state index in [-0.39, 0.29) is 10.6 Å². The molecule has 3 heterocycles. The fraction of sp³-hybridized carbons (Fsp3) is 0.536. The molecule has 0 unspecified atom stereocenters. The van der Waals surface area contributed by atoms with E-state index in [4.69, 9.17) is 9.47 Å². The van der Waals surface area contributed by atoms with Crippen LogP contribution in [-0.4, -0.2) is 89.1 Å². The average molecular weight is 572 g/mol. The predicted molar refractivity (Wildman–Crippen MR) is 155 cm³/mol. The number of aliphatic imine (C=N–C) groups is 1. The number of hydrogen-bond donors (Lipinski definition) is 0. The molecular weight excluding hydrogens is 534 g/mol. The minimum absolute atomic E-state index is 0.00601. The van der Waals surface area contributed by atoms with Crippen molar-refractivity contribution in [2.75, 3.05) is 69.0 Å². The number of ether oxygens (including phenoxy) is 2. The first-order chi connectivity index (χ1) is 19.4. The zero-order valence-corrected chi connectivity index (χ0v) is 23.7. The van der Waals surface area contributed by atoms with E-state index in [0.29, 0.717) is 75.6 Å². The van der Waals surface area contributed by atoms with Gasteiger partial charge in [0.1, 0.15) is 4.90 Å². The molecule has 3 aliphatic heterocycles. The number of piperidine rings is 1. The lowest BCUT2D eigenvalue weighted by Crippen LogP contribution is -2.42. The molecule has 5 rings (SSSR count). The van der Waals surface area contributed by atoms with Crippen LogP contribution in [0.1, 0.15) is 38.2 Å². The first kappa shape index (κ1) is 28.5. The lowest BCUT2D eigenvalue weighted by atomic mass is 9.98. The highest BCUT2D eigenvalue weighted by molar-refractivity contribution is 7.89. The van der Waals surface area contributed by atoms with Gasteiger partial charge in [0, 0.05) is 68.4 Å². The van der Waals surface area contributed by atoms with Gasteiger partial charge in [0.25, 0.3) is 5.69 Å². The monoisotopic (exact) mass is 571 g/mol. The molecule has 3 aliphatic rings. The lowest BCUT2D eigenvalue weighted by Gasteiger charge is -2.38. The summed E-state index contributed by atoms with van der Waals surface area (Å²) in [6.45, 7) is 6.60. The van der Waals surface area contributed by atoms with Crippen LogP contribution in [0.25, 0.3) is 0 Å². The van der Waals surface area contributed by atoms with Gasteiger partial charge in [0.15, 0.2) is 0 Å². The quantitative estimate of drug-likeness (QED) is 0.265. The summed E-state index contributed by atoms with van der Waals surface area (Å²) in [6.07, 6.45) is 5.92. The average Bonchev–Trinajstić information content (AvgIpc) is 3.00. The van der Waals surface area contributed by atoms with Gasteiger partial charge in [-0.2, -0.15) is 4.31 Å². The van der Waals surface area contributed by atoms with Crippen molar-refractivity contribution >= 4 is 39.0 Å². The van der Waals surface area contributed by atoms with Gasteiger partial charge >= 0.3 is 0 Å². The normalized spacial score (nSPS) is 21.2. The van der Waals surface area contributed by atoms with Crippen LogP contribution >= 0.6 is 0 Å². The number of sulfonamides is 1. The van der Waals surface area contributed by atoms with Gasteiger partial charge in [-0.05, 0) is 49.9 Å². The number of hydrogen-bond acceptors (Lipinski definition) is 9. The molecule has 0 amide bonds. The van der Waals surface area contributed by atoms with E-state index in [1.54, 1.807) is 30.5 Å². The summed E-state index contributed by atoms with van der Waals surface area (Å²) in [7, 11) is -3.80. The molecule has 216 valence electrons. The Labute approximate surface area is 235 Å². The van der Waals surface area contributed by atoms with Crippen LogP contribution in [-0.2, 0) is 19.5 Å². The molecule has 1 atom stereocenters. The minimum atomic E-state index is -3.80. The van der Waals surface area contributed by atoms with Crippen molar-refractivity contribution in [3.8, 4) is 0 Å². The highest BCUT2D eigenvalue weighted by Gasteiger charge is 2.31. The van der Waals surface area contributed by atoms with Gasteiger partial charge in [-0.25, -0.2) is 8.42 Å². The van der Waals surface area contributed by atoms with Gasteiger partial charge in [-0.1, -0.05) is 6.92 Å². The highest BCUT2D eigenvalue weighted by Crippen LogP contribution is 2.34. The Hall–Kier alpha value is -3.06. The van der Waals surface area contributed by atoms with Gasteiger partial charge in [-0.15, -0.1) is 0 Å². The second-order valence-electron chi connectivity index (χ2n) is 10.3. The summed E-state index contributed by atoms with van der Waals surface area (Å²) < 4.78 is 39.9. The molecule has 0 N–H and O–H groups in total. The van der Waals surface area contributed by atoms with Crippen molar-refractivity contribution in [3.05, 3.63) is 52.1 Å². The summed E-state index contributed by atoms with van der Waals surface area (Å²) in [5.41, 5.74) is 2.64. The zero-order chi connectivity index (χ0) is 28.1. The Balaban J connectivity index is 1.53. The fourth-order valence-corrected chi connectivity index (χ4v) is 7.33. The van der Waals surface area contributed by atoms with E-state index < -0.39 is 14.9 Å². The van der Waals surface area contributed by atoms with Crippen LogP contribution in [0, 0.1) is 10.1 Å². The largest absolute Gasteiger partial charge is 0.379 e. The first-order valence-corrected chi connectivity index (χ1v) is 15.5. The number of rotatable bonds is 8. The summed E-state index contributed by atoms with van der Waals surface area (Å²) >= 11 is 0. The van der Waals surface area contributed by atoms with Crippen LogP contribution in [0.15, 0.2) is 46.3 Å². The smallest absolute Gasteiger partial charge is 0.270 e. The second-order valence-corrected chi connectivity index (χ2v) is 12.2. The van der Waals surface area contributed by atoms with E-state index in [1.165, 1.54) is 16.8 Å². The van der Waals surface area contributed by atoms with Gasteiger partial charge in [0.05, 0.1) is 42.7 Å². The van der Waals surface area contributed by atoms with Crippen molar-refractivity contribution in [2.45, 2.75) is 43.5 Å². The third-order valence-electron chi connectivity index (χ3n) is 7.87. The molecule has 0 spiro atoms. The third-order valence-corrected chi connectivity index (χ3v) is 9.79. The summed E-state index contributed by atoms with van der Waals surface area (Å²) in [6, 6.07) is 10.5. The molecule has 11 nitrogen and oxygen atoms in total. The van der Waals surface area contributed by atoms with Gasteiger partial charge in [-0.3, -0.25) is 15.1 Å². The molecule has 12 heteroatoms. The molecule has 3 fully saturated rings. The molecule has 0 saturated carbocycles. The second kappa shape index (κ2) is 12.6. The molecule has 0 bridgehead atoms. The van der Waals surface area contributed by atoms with Crippen LogP contribution in [0.2, 0.25) is 0 Å². The summed E-state index contributed by atoms with van der Waals surface area (Å²) in [4.78, 5) is 20.4. The number of nitro benzene ring substituents is 1. The number of non-ortho nitro benzene ring substituents is 1. The number of anilines is 2. The number of nitrogens with zero attached hydrogens (tertiary/aromatic N) is 5. The lowest BCUT2D eigenvalue weighted by molar-refractivity contribution is -0.384. The maximum absolute atomic E-state index is 13.8. The summed E-state index contributed by atoms with van der Waals surface area (Å²) in [5, 5.41) is 11.6. The van der Waals surface area contributed by atoms with Crippen LogP contribution < -0.4 is 9.80 Å².